The minimum absolute atomic E-state index is 0.0237. The molecule has 150 valence electrons. The van der Waals surface area contributed by atoms with Gasteiger partial charge in [0.25, 0.3) is 0 Å². The molecule has 6 heteroatoms. The van der Waals surface area contributed by atoms with Crippen LogP contribution in [0.3, 0.4) is 0 Å². The van der Waals surface area contributed by atoms with E-state index < -0.39 is 4.92 Å². The van der Waals surface area contributed by atoms with Gasteiger partial charge in [0.15, 0.2) is 5.78 Å². The first-order valence-corrected chi connectivity index (χ1v) is 9.85. The molecule has 6 nitrogen and oxygen atoms in total. The van der Waals surface area contributed by atoms with Crippen molar-refractivity contribution in [1.82, 2.24) is 9.55 Å². The zero-order chi connectivity index (χ0) is 20.9. The highest BCUT2D eigenvalue weighted by atomic mass is 16.6. The Morgan fingerprint density at radius 3 is 2.25 bits per heavy atom. The number of benzene rings is 1. The van der Waals surface area contributed by atoms with Gasteiger partial charge in [-0.1, -0.05) is 40.7 Å². The first kappa shape index (κ1) is 20.2. The number of Topliss-reactive ketones (excluding diaryl/α,β-unsaturated/α-hetero) is 1. The van der Waals surface area contributed by atoms with Gasteiger partial charge in [0.2, 0.25) is 5.82 Å². The topological polar surface area (TPSA) is 78.0 Å². The monoisotopic (exact) mass is 383 g/mol. The first-order valence-electron chi connectivity index (χ1n) is 9.85. The molecule has 3 rings (SSSR count). The van der Waals surface area contributed by atoms with Gasteiger partial charge < -0.3 is 14.7 Å². The van der Waals surface area contributed by atoms with Crippen molar-refractivity contribution in [2.24, 2.45) is 0 Å². The van der Waals surface area contributed by atoms with Crippen molar-refractivity contribution < 1.29 is 9.72 Å². The Hall–Kier alpha value is -2.50. The summed E-state index contributed by atoms with van der Waals surface area (Å²) < 4.78 is 1.56. The Morgan fingerprint density at radius 2 is 1.75 bits per heavy atom. The fourth-order valence-electron chi connectivity index (χ4n) is 4.19. The highest BCUT2D eigenvalue weighted by molar-refractivity contribution is 5.98. The highest BCUT2D eigenvalue weighted by Gasteiger charge is 2.38. The maximum Gasteiger partial charge on any atom is 0.381 e. The smallest absolute Gasteiger partial charge is 0.358 e. The van der Waals surface area contributed by atoms with Crippen molar-refractivity contribution in [1.29, 1.82) is 0 Å². The molecule has 0 bridgehead atoms. The number of hydrogen-bond acceptors (Lipinski definition) is 4. The third kappa shape index (κ3) is 3.48. The zero-order valence-corrected chi connectivity index (χ0v) is 17.6. The van der Waals surface area contributed by atoms with Crippen LogP contribution in [0.15, 0.2) is 18.3 Å². The number of rotatable bonds is 5. The molecule has 0 N–H and O–H groups in total. The molecule has 28 heavy (non-hydrogen) atoms. The molecule has 0 unspecified atom stereocenters. The standard InChI is InChI=1S/C22H29N3O3/c1-7-15-10-17-18(22(5,6)9-8-21(17,3)4)11-16(15)19(26)12-24-13-20(25(27)28)23-14(24)2/h10-11,13H,7-9,12H2,1-6H3. The summed E-state index contributed by atoms with van der Waals surface area (Å²) >= 11 is 0. The lowest BCUT2D eigenvalue weighted by Gasteiger charge is -2.42. The van der Waals surface area contributed by atoms with Crippen LogP contribution in [0.2, 0.25) is 0 Å². The molecule has 0 radical (unpaired) electrons. The molecular weight excluding hydrogens is 354 g/mol. The van der Waals surface area contributed by atoms with Crippen LogP contribution in [0.4, 0.5) is 5.82 Å². The van der Waals surface area contributed by atoms with E-state index in [0.717, 1.165) is 30.4 Å². The van der Waals surface area contributed by atoms with Gasteiger partial charge in [-0.25, -0.2) is 0 Å². The van der Waals surface area contributed by atoms with Gasteiger partial charge in [-0.2, -0.15) is 0 Å². The largest absolute Gasteiger partial charge is 0.381 e. The van der Waals surface area contributed by atoms with Gasteiger partial charge in [0.05, 0.1) is 6.54 Å². The van der Waals surface area contributed by atoms with Crippen LogP contribution < -0.4 is 0 Å². The summed E-state index contributed by atoms with van der Waals surface area (Å²) in [4.78, 5) is 27.5. The second-order valence-corrected chi connectivity index (χ2v) is 9.13. The third-order valence-electron chi connectivity index (χ3n) is 6.22. The third-order valence-corrected chi connectivity index (χ3v) is 6.22. The number of carbonyl (C=O) groups is 1. The number of hydrogen-bond donors (Lipinski definition) is 0. The Balaban J connectivity index is 2.04. The fourth-order valence-corrected chi connectivity index (χ4v) is 4.19. The zero-order valence-electron chi connectivity index (χ0n) is 17.6. The number of nitrogens with zero attached hydrogens (tertiary/aromatic N) is 3. The Labute approximate surface area is 166 Å². The van der Waals surface area contributed by atoms with Crippen LogP contribution in [-0.4, -0.2) is 20.3 Å². The van der Waals surface area contributed by atoms with Gasteiger partial charge in [0.1, 0.15) is 6.20 Å². The first-order chi connectivity index (χ1) is 13.0. The number of nitro groups is 1. The molecule has 1 aromatic heterocycles. The van der Waals surface area contributed by atoms with Gasteiger partial charge in [-0.05, 0) is 62.8 Å². The number of carbonyl (C=O) groups excluding carboxylic acids is 1. The van der Waals surface area contributed by atoms with E-state index in [1.807, 2.05) is 0 Å². The van der Waals surface area contributed by atoms with Crippen LogP contribution in [0.25, 0.3) is 0 Å². The van der Waals surface area contributed by atoms with Gasteiger partial charge in [-0.15, -0.1) is 0 Å². The number of ketones is 1. The van der Waals surface area contributed by atoms with E-state index in [2.05, 4.69) is 51.7 Å². The quantitative estimate of drug-likeness (QED) is 0.418. The molecule has 1 aliphatic rings. The van der Waals surface area contributed by atoms with Crippen LogP contribution in [0.5, 0.6) is 0 Å². The van der Waals surface area contributed by atoms with Crippen molar-refractivity contribution >= 4 is 11.6 Å². The Bertz CT molecular complexity index is 954. The summed E-state index contributed by atoms with van der Waals surface area (Å²) in [6, 6.07) is 4.30. The highest BCUT2D eigenvalue weighted by Crippen LogP contribution is 2.46. The van der Waals surface area contributed by atoms with E-state index in [9.17, 15) is 14.9 Å². The predicted octanol–water partition coefficient (Wildman–Crippen LogP) is 4.89. The van der Waals surface area contributed by atoms with Crippen LogP contribution >= 0.6 is 0 Å². The fraction of sp³-hybridized carbons (Fsp3) is 0.545. The van der Waals surface area contributed by atoms with Crippen molar-refractivity contribution in [2.45, 2.75) is 78.2 Å². The predicted molar refractivity (Wildman–Crippen MR) is 109 cm³/mol. The van der Waals surface area contributed by atoms with E-state index >= 15 is 0 Å². The Kier molecular flexibility index (Phi) is 4.94. The average Bonchev–Trinajstić information content (AvgIpc) is 2.99. The summed E-state index contributed by atoms with van der Waals surface area (Å²) in [6.07, 6.45) is 4.32. The molecule has 0 fully saturated rings. The van der Waals surface area contributed by atoms with E-state index in [-0.39, 0.29) is 29.0 Å². The molecule has 1 aromatic carbocycles. The minimum atomic E-state index is -0.533. The van der Waals surface area contributed by atoms with Crippen molar-refractivity contribution in [2.75, 3.05) is 0 Å². The lowest BCUT2D eigenvalue weighted by Crippen LogP contribution is -2.34. The van der Waals surface area contributed by atoms with E-state index in [1.165, 1.54) is 17.3 Å². The van der Waals surface area contributed by atoms with Crippen molar-refractivity contribution in [3.05, 3.63) is 56.5 Å². The molecule has 0 saturated carbocycles. The van der Waals surface area contributed by atoms with Gasteiger partial charge >= 0.3 is 5.82 Å². The molecule has 0 saturated heterocycles. The number of imidazole rings is 1. The molecule has 1 aliphatic carbocycles. The molecule has 0 aliphatic heterocycles. The SMILES string of the molecule is CCc1cc2c(cc1C(=O)Cn1cc([N+](=O)[O-])nc1C)C(C)(C)CCC2(C)C. The van der Waals surface area contributed by atoms with Crippen molar-refractivity contribution in [3.8, 4) is 0 Å². The lowest BCUT2D eigenvalue weighted by molar-refractivity contribution is -0.389. The van der Waals surface area contributed by atoms with Gasteiger partial charge in [0, 0.05) is 12.5 Å². The van der Waals surface area contributed by atoms with Crippen LogP contribution in [0.1, 0.15) is 80.3 Å². The number of fused-ring (bicyclic) bond motifs is 1. The Morgan fingerprint density at radius 1 is 1.18 bits per heavy atom. The van der Waals surface area contributed by atoms with Gasteiger partial charge in [-0.3, -0.25) is 4.79 Å². The molecule has 0 atom stereocenters. The molecule has 0 spiro atoms. The normalized spacial score (nSPS) is 17.2. The van der Waals surface area contributed by atoms with Crippen LogP contribution in [0, 0.1) is 17.0 Å². The second kappa shape index (κ2) is 6.83. The molecule has 2 aromatic rings. The van der Waals surface area contributed by atoms with E-state index in [4.69, 9.17) is 0 Å². The average molecular weight is 383 g/mol. The summed E-state index contributed by atoms with van der Waals surface area (Å²) in [7, 11) is 0. The molecular formula is C22H29N3O3. The summed E-state index contributed by atoms with van der Waals surface area (Å²) in [5.74, 6) is 0.209. The maximum absolute atomic E-state index is 13.2. The maximum atomic E-state index is 13.2. The summed E-state index contributed by atoms with van der Waals surface area (Å²) in [6.45, 7) is 12.8. The van der Waals surface area contributed by atoms with E-state index in [1.54, 1.807) is 11.5 Å². The number of aryl methyl sites for hydroxylation is 2. The summed E-state index contributed by atoms with van der Waals surface area (Å²) in [5, 5.41) is 11.0. The summed E-state index contributed by atoms with van der Waals surface area (Å²) in [5.41, 5.74) is 4.47. The lowest BCUT2D eigenvalue weighted by atomic mass is 9.62. The minimum Gasteiger partial charge on any atom is -0.358 e. The second-order valence-electron chi connectivity index (χ2n) is 9.13. The molecule has 0 amide bonds. The molecule has 1 heterocycles. The number of aromatic nitrogens is 2. The van der Waals surface area contributed by atoms with Crippen LogP contribution in [-0.2, 0) is 23.8 Å². The van der Waals surface area contributed by atoms with E-state index in [0.29, 0.717) is 5.82 Å². The van der Waals surface area contributed by atoms with Crippen molar-refractivity contribution in [3.63, 3.8) is 0 Å².